The van der Waals surface area contributed by atoms with Crippen molar-refractivity contribution in [1.29, 1.82) is 0 Å². The van der Waals surface area contributed by atoms with Crippen LogP contribution in [0.5, 0.6) is 0 Å². The van der Waals surface area contributed by atoms with Crippen LogP contribution in [0.1, 0.15) is 18.7 Å². The lowest BCUT2D eigenvalue weighted by Crippen LogP contribution is -1.86. The first kappa shape index (κ1) is 9.99. The number of hydrogen-bond donors (Lipinski definition) is 1. The molecule has 2 aromatic rings. The zero-order valence-corrected chi connectivity index (χ0v) is 8.98. The van der Waals surface area contributed by atoms with E-state index in [0.717, 1.165) is 0 Å². The van der Waals surface area contributed by atoms with E-state index in [1.807, 2.05) is 26.1 Å². The van der Waals surface area contributed by atoms with Crippen LogP contribution in [-0.4, -0.2) is 4.98 Å². The summed E-state index contributed by atoms with van der Waals surface area (Å²) in [5.41, 5.74) is 5.53. The fourth-order valence-electron chi connectivity index (χ4n) is 1.08. The zero-order valence-electron chi connectivity index (χ0n) is 8.16. The Balaban J connectivity index is 0.000000396. The molecule has 70 valence electrons. The van der Waals surface area contributed by atoms with Crippen LogP contribution >= 0.6 is 11.3 Å². The largest absolute Gasteiger partial charge is 0.384 e. The molecule has 2 N–H and O–H groups in total. The van der Waals surface area contributed by atoms with Gasteiger partial charge in [-0.15, -0.1) is 11.3 Å². The van der Waals surface area contributed by atoms with Gasteiger partial charge < -0.3 is 5.73 Å². The predicted molar refractivity (Wildman–Crippen MR) is 60.1 cm³/mol. The maximum atomic E-state index is 5.53. The summed E-state index contributed by atoms with van der Waals surface area (Å²) in [6, 6.07) is 4.03. The number of nitrogen functional groups attached to an aromatic ring is 1. The Bertz CT molecular complexity index is 393. The number of hydrogen-bond acceptors (Lipinski definition) is 3. The molecule has 0 atom stereocenters. The van der Waals surface area contributed by atoms with E-state index in [0.29, 0.717) is 5.82 Å². The van der Waals surface area contributed by atoms with Crippen molar-refractivity contribution in [3.05, 3.63) is 23.2 Å². The third-order valence-electron chi connectivity index (χ3n) is 1.55. The van der Waals surface area contributed by atoms with Gasteiger partial charge in [0.1, 0.15) is 5.82 Å². The van der Waals surface area contributed by atoms with Crippen molar-refractivity contribution in [2.75, 3.05) is 5.73 Å². The number of fused-ring (bicyclic) bond motifs is 1. The van der Waals surface area contributed by atoms with Gasteiger partial charge in [0.2, 0.25) is 0 Å². The zero-order chi connectivity index (χ0) is 9.84. The van der Waals surface area contributed by atoms with Crippen LogP contribution in [0.15, 0.2) is 18.3 Å². The molecular formula is C10H14N2S. The molecule has 0 amide bonds. The Morgan fingerprint density at radius 3 is 2.69 bits per heavy atom. The van der Waals surface area contributed by atoms with Crippen LogP contribution in [0.2, 0.25) is 0 Å². The number of aryl methyl sites for hydroxylation is 1. The quantitative estimate of drug-likeness (QED) is 0.699. The lowest BCUT2D eigenvalue weighted by molar-refractivity contribution is 1.37. The topological polar surface area (TPSA) is 38.9 Å². The van der Waals surface area contributed by atoms with Crippen molar-refractivity contribution in [3.63, 3.8) is 0 Å². The van der Waals surface area contributed by atoms with E-state index in [-0.39, 0.29) is 0 Å². The number of nitrogens with zero attached hydrogens (tertiary/aromatic N) is 1. The van der Waals surface area contributed by atoms with Crippen molar-refractivity contribution in [3.8, 4) is 0 Å². The molecule has 0 radical (unpaired) electrons. The first-order chi connectivity index (χ1) is 6.25. The predicted octanol–water partition coefficient (Wildman–Crippen LogP) is 3.21. The Labute approximate surface area is 82.4 Å². The third-order valence-corrected chi connectivity index (χ3v) is 2.56. The van der Waals surface area contributed by atoms with Crippen LogP contribution in [0.25, 0.3) is 10.1 Å². The van der Waals surface area contributed by atoms with E-state index in [2.05, 4.69) is 18.0 Å². The second kappa shape index (κ2) is 4.23. The summed E-state index contributed by atoms with van der Waals surface area (Å²) < 4.78 is 1.22. The molecule has 0 bridgehead atoms. The maximum Gasteiger partial charge on any atom is 0.124 e. The molecule has 13 heavy (non-hydrogen) atoms. The van der Waals surface area contributed by atoms with Crippen molar-refractivity contribution < 1.29 is 0 Å². The van der Waals surface area contributed by atoms with Crippen molar-refractivity contribution in [2.45, 2.75) is 20.8 Å². The molecule has 0 unspecified atom stereocenters. The van der Waals surface area contributed by atoms with Gasteiger partial charge >= 0.3 is 0 Å². The Kier molecular flexibility index (Phi) is 3.25. The highest BCUT2D eigenvalue weighted by Gasteiger charge is 1.97. The fourth-order valence-corrected chi connectivity index (χ4v) is 2.02. The normalized spacial score (nSPS) is 9.46. The highest BCUT2D eigenvalue weighted by Crippen LogP contribution is 2.24. The van der Waals surface area contributed by atoms with Crippen LogP contribution < -0.4 is 5.73 Å². The summed E-state index contributed by atoms with van der Waals surface area (Å²) in [5, 5.41) is 1.18. The van der Waals surface area contributed by atoms with Gasteiger partial charge in [-0.05, 0) is 19.1 Å². The van der Waals surface area contributed by atoms with Crippen LogP contribution in [0.4, 0.5) is 5.82 Å². The van der Waals surface area contributed by atoms with Crippen molar-refractivity contribution >= 4 is 27.2 Å². The van der Waals surface area contributed by atoms with Gasteiger partial charge in [-0.1, -0.05) is 13.8 Å². The highest BCUT2D eigenvalue weighted by atomic mass is 32.1. The average Bonchev–Trinajstić information content (AvgIpc) is 2.48. The smallest absolute Gasteiger partial charge is 0.124 e. The molecular weight excluding hydrogens is 180 g/mol. The monoisotopic (exact) mass is 194 g/mol. The highest BCUT2D eigenvalue weighted by molar-refractivity contribution is 7.19. The van der Waals surface area contributed by atoms with E-state index in [4.69, 9.17) is 5.73 Å². The van der Waals surface area contributed by atoms with Crippen molar-refractivity contribution in [2.24, 2.45) is 0 Å². The summed E-state index contributed by atoms with van der Waals surface area (Å²) >= 11 is 1.75. The molecule has 0 aliphatic rings. The molecule has 2 heterocycles. The Hall–Kier alpha value is -1.09. The summed E-state index contributed by atoms with van der Waals surface area (Å²) in [4.78, 5) is 5.30. The summed E-state index contributed by atoms with van der Waals surface area (Å²) in [6.45, 7) is 6.08. The first-order valence-corrected chi connectivity index (χ1v) is 5.19. The van der Waals surface area contributed by atoms with Gasteiger partial charge in [-0.2, -0.15) is 0 Å². The van der Waals surface area contributed by atoms with E-state index in [9.17, 15) is 0 Å². The number of nitrogens with two attached hydrogens (primary N) is 1. The van der Waals surface area contributed by atoms with E-state index >= 15 is 0 Å². The molecule has 2 rings (SSSR count). The lowest BCUT2D eigenvalue weighted by atomic mass is 10.3. The Morgan fingerprint density at radius 2 is 2.00 bits per heavy atom. The van der Waals surface area contributed by atoms with Gasteiger partial charge in [-0.3, -0.25) is 0 Å². The maximum absolute atomic E-state index is 5.53. The van der Waals surface area contributed by atoms with Crippen molar-refractivity contribution in [1.82, 2.24) is 4.98 Å². The SMILES string of the molecule is CC.Cc1cc2cnc(N)cc2s1. The van der Waals surface area contributed by atoms with E-state index in [1.165, 1.54) is 15.0 Å². The first-order valence-electron chi connectivity index (χ1n) is 4.37. The molecule has 2 aromatic heterocycles. The second-order valence-corrected chi connectivity index (χ2v) is 3.79. The van der Waals surface area contributed by atoms with Gasteiger partial charge in [0.15, 0.2) is 0 Å². The number of aromatic nitrogens is 1. The average molecular weight is 194 g/mol. The summed E-state index contributed by atoms with van der Waals surface area (Å²) in [5.74, 6) is 0.597. The molecule has 0 fully saturated rings. The number of anilines is 1. The minimum absolute atomic E-state index is 0.597. The number of thiophene rings is 1. The number of rotatable bonds is 0. The minimum Gasteiger partial charge on any atom is -0.384 e. The lowest BCUT2D eigenvalue weighted by Gasteiger charge is -1.89. The molecule has 3 heteroatoms. The summed E-state index contributed by atoms with van der Waals surface area (Å²) in [7, 11) is 0. The molecule has 0 saturated heterocycles. The van der Waals surface area contributed by atoms with Crippen LogP contribution in [-0.2, 0) is 0 Å². The fraction of sp³-hybridized carbons (Fsp3) is 0.300. The second-order valence-electron chi connectivity index (χ2n) is 2.50. The van der Waals surface area contributed by atoms with Crippen LogP contribution in [0.3, 0.4) is 0 Å². The van der Waals surface area contributed by atoms with E-state index < -0.39 is 0 Å². The van der Waals surface area contributed by atoms with E-state index in [1.54, 1.807) is 11.3 Å². The minimum atomic E-state index is 0.597. The van der Waals surface area contributed by atoms with Gasteiger partial charge in [0, 0.05) is 21.2 Å². The van der Waals surface area contributed by atoms with Gasteiger partial charge in [-0.25, -0.2) is 4.98 Å². The van der Waals surface area contributed by atoms with Gasteiger partial charge in [0.25, 0.3) is 0 Å². The molecule has 0 aliphatic carbocycles. The molecule has 0 spiro atoms. The summed E-state index contributed by atoms with van der Waals surface area (Å²) in [6.07, 6.45) is 1.81. The van der Waals surface area contributed by atoms with Crippen LogP contribution in [0, 0.1) is 6.92 Å². The molecule has 0 aromatic carbocycles. The molecule has 2 nitrogen and oxygen atoms in total. The molecule has 0 aliphatic heterocycles. The number of pyridine rings is 1. The molecule has 0 saturated carbocycles. The third kappa shape index (κ3) is 2.18. The van der Waals surface area contributed by atoms with Gasteiger partial charge in [0.05, 0.1) is 0 Å². The standard InChI is InChI=1S/C8H8N2S.C2H6/c1-5-2-6-4-10-8(9)3-7(6)11-5;1-2/h2-4H,1H3,(H2,9,10);1-2H3. The Morgan fingerprint density at radius 1 is 1.31 bits per heavy atom.